The Labute approximate surface area is 105 Å². The molecule has 3 N–H and O–H groups in total. The highest BCUT2D eigenvalue weighted by Gasteiger charge is 2.31. The van der Waals surface area contributed by atoms with Gasteiger partial charge in [-0.15, -0.1) is 0 Å². The number of aromatic carboxylic acids is 1. The zero-order valence-electron chi connectivity index (χ0n) is 9.58. The molecule has 0 aliphatic rings. The van der Waals surface area contributed by atoms with E-state index in [0.717, 1.165) is 0 Å². The van der Waals surface area contributed by atoms with Crippen LogP contribution in [0.3, 0.4) is 0 Å². The van der Waals surface area contributed by atoms with Gasteiger partial charge in [-0.25, -0.2) is 17.9 Å². The summed E-state index contributed by atoms with van der Waals surface area (Å²) >= 11 is 0. The van der Waals surface area contributed by atoms with Gasteiger partial charge in [-0.2, -0.15) is 18.3 Å². The van der Waals surface area contributed by atoms with E-state index in [1.807, 2.05) is 0 Å². The van der Waals surface area contributed by atoms with Gasteiger partial charge in [-0.1, -0.05) is 0 Å². The van der Waals surface area contributed by atoms with Crippen molar-refractivity contribution in [2.75, 3.05) is 6.54 Å². The van der Waals surface area contributed by atoms with Crippen LogP contribution < -0.4 is 4.72 Å². The van der Waals surface area contributed by atoms with Gasteiger partial charge >= 0.3 is 12.1 Å². The van der Waals surface area contributed by atoms with Crippen LogP contribution in [0.5, 0.6) is 0 Å². The highest BCUT2D eigenvalue weighted by Crippen LogP contribution is 2.20. The number of hydrogen-bond acceptors (Lipinski definition) is 4. The van der Waals surface area contributed by atoms with E-state index in [0.29, 0.717) is 0 Å². The zero-order valence-corrected chi connectivity index (χ0v) is 10.4. The molecule has 1 aromatic rings. The largest absolute Gasteiger partial charge is 0.476 e. The number of carboxylic acids is 1. The summed E-state index contributed by atoms with van der Waals surface area (Å²) < 4.78 is 60.9. The van der Waals surface area contributed by atoms with E-state index in [-0.39, 0.29) is 5.69 Å². The second kappa shape index (κ2) is 5.17. The Morgan fingerprint density at radius 1 is 1.47 bits per heavy atom. The lowest BCUT2D eigenvalue weighted by Crippen LogP contribution is -2.29. The molecule has 11 heteroatoms. The van der Waals surface area contributed by atoms with Crippen molar-refractivity contribution in [1.82, 2.24) is 14.9 Å². The number of aromatic amines is 1. The number of carbonyl (C=O) groups is 1. The van der Waals surface area contributed by atoms with Gasteiger partial charge < -0.3 is 5.11 Å². The Balaban J connectivity index is 2.95. The first kappa shape index (κ1) is 15.4. The van der Waals surface area contributed by atoms with E-state index in [9.17, 15) is 26.4 Å². The van der Waals surface area contributed by atoms with Gasteiger partial charge in [0, 0.05) is 6.54 Å². The molecule has 19 heavy (non-hydrogen) atoms. The third-order valence-electron chi connectivity index (χ3n) is 2.06. The third kappa shape index (κ3) is 3.92. The van der Waals surface area contributed by atoms with E-state index in [1.165, 1.54) is 6.92 Å². The topological polar surface area (TPSA) is 112 Å². The predicted octanol–water partition coefficient (Wildman–Crippen LogP) is 0.647. The summed E-state index contributed by atoms with van der Waals surface area (Å²) in [7, 11) is -4.37. The number of halogens is 3. The van der Waals surface area contributed by atoms with Crippen LogP contribution in [0.25, 0.3) is 0 Å². The van der Waals surface area contributed by atoms with Gasteiger partial charge in [0.05, 0.1) is 12.1 Å². The minimum atomic E-state index is -4.51. The number of rotatable bonds is 5. The Morgan fingerprint density at radius 3 is 2.53 bits per heavy atom. The molecule has 1 aromatic heterocycles. The lowest BCUT2D eigenvalue weighted by atomic mass is 10.4. The summed E-state index contributed by atoms with van der Waals surface area (Å²) in [4.78, 5) is 10.1. The molecule has 1 rings (SSSR count). The Bertz CT molecular complexity index is 579. The van der Waals surface area contributed by atoms with Crippen LogP contribution >= 0.6 is 0 Å². The van der Waals surface area contributed by atoms with Crippen molar-refractivity contribution in [3.05, 3.63) is 11.4 Å². The van der Waals surface area contributed by atoms with Crippen molar-refractivity contribution in [1.29, 1.82) is 0 Å². The van der Waals surface area contributed by atoms with E-state index in [1.54, 1.807) is 4.72 Å². The van der Waals surface area contributed by atoms with Crippen molar-refractivity contribution in [2.24, 2.45) is 0 Å². The van der Waals surface area contributed by atoms with Crippen molar-refractivity contribution in [2.45, 2.75) is 24.4 Å². The molecule has 0 atom stereocenters. The summed E-state index contributed by atoms with van der Waals surface area (Å²) in [5.74, 6) is -1.60. The first-order valence-electron chi connectivity index (χ1n) is 4.89. The van der Waals surface area contributed by atoms with E-state index in [4.69, 9.17) is 5.11 Å². The monoisotopic (exact) mass is 301 g/mol. The summed E-state index contributed by atoms with van der Waals surface area (Å²) in [6.07, 6.45) is -5.87. The number of hydrogen-bond donors (Lipinski definition) is 3. The number of sulfonamides is 1. The molecule has 0 bridgehead atoms. The number of aryl methyl sites for hydroxylation is 1. The molecule has 108 valence electrons. The molecule has 0 amide bonds. The first-order valence-corrected chi connectivity index (χ1v) is 6.37. The van der Waals surface area contributed by atoms with Gasteiger partial charge in [0.25, 0.3) is 0 Å². The molecule has 0 saturated carbocycles. The first-order chi connectivity index (χ1) is 8.54. The van der Waals surface area contributed by atoms with Crippen LogP contribution in [-0.2, 0) is 10.0 Å². The van der Waals surface area contributed by atoms with Crippen molar-refractivity contribution in [3.63, 3.8) is 0 Å². The fourth-order valence-corrected chi connectivity index (χ4v) is 2.64. The molecule has 0 saturated heterocycles. The van der Waals surface area contributed by atoms with Crippen molar-refractivity contribution >= 4 is 16.0 Å². The van der Waals surface area contributed by atoms with Gasteiger partial charge in [0.15, 0.2) is 5.69 Å². The standard InChI is InChI=1S/C8H10F3N3O4S/c1-4-6(5(7(15)16)14-13-4)19(17,18)12-3-2-8(9,10)11/h12H,2-3H2,1H3,(H,13,14)(H,15,16). The second-order valence-corrected chi connectivity index (χ2v) is 5.30. The number of aromatic nitrogens is 2. The van der Waals surface area contributed by atoms with Gasteiger partial charge in [0.2, 0.25) is 10.0 Å². The molecule has 0 aromatic carbocycles. The third-order valence-corrected chi connectivity index (χ3v) is 3.68. The smallest absolute Gasteiger partial charge is 0.390 e. The Morgan fingerprint density at radius 2 is 2.05 bits per heavy atom. The lowest BCUT2D eigenvalue weighted by molar-refractivity contribution is -0.132. The maximum Gasteiger partial charge on any atom is 0.390 e. The van der Waals surface area contributed by atoms with Crippen LogP contribution in [-0.4, -0.2) is 42.4 Å². The SMILES string of the molecule is Cc1[nH]nc(C(=O)O)c1S(=O)(=O)NCCC(F)(F)F. The summed E-state index contributed by atoms with van der Waals surface area (Å²) in [6.45, 7) is 0.368. The van der Waals surface area contributed by atoms with Crippen LogP contribution in [0, 0.1) is 6.92 Å². The minimum Gasteiger partial charge on any atom is -0.476 e. The molecule has 0 radical (unpaired) electrons. The van der Waals surface area contributed by atoms with Crippen LogP contribution in [0.4, 0.5) is 13.2 Å². The maximum atomic E-state index is 11.9. The van der Waals surface area contributed by atoms with Gasteiger partial charge in [0.1, 0.15) is 4.90 Å². The summed E-state index contributed by atoms with van der Waals surface area (Å²) in [5, 5.41) is 14.2. The average molecular weight is 301 g/mol. The van der Waals surface area contributed by atoms with Crippen LogP contribution in [0.2, 0.25) is 0 Å². The van der Waals surface area contributed by atoms with E-state index >= 15 is 0 Å². The fraction of sp³-hybridized carbons (Fsp3) is 0.500. The minimum absolute atomic E-state index is 0.0723. The number of nitrogens with one attached hydrogen (secondary N) is 2. The fourth-order valence-electron chi connectivity index (χ4n) is 1.29. The van der Waals surface area contributed by atoms with Gasteiger partial charge in [-0.3, -0.25) is 5.10 Å². The number of alkyl halides is 3. The Kier molecular flexibility index (Phi) is 4.20. The highest BCUT2D eigenvalue weighted by molar-refractivity contribution is 7.89. The summed E-state index contributed by atoms with van der Waals surface area (Å²) in [6, 6.07) is 0. The van der Waals surface area contributed by atoms with E-state index < -0.39 is 45.7 Å². The normalized spacial score (nSPS) is 12.6. The van der Waals surface area contributed by atoms with Crippen LogP contribution in [0.15, 0.2) is 4.90 Å². The highest BCUT2D eigenvalue weighted by atomic mass is 32.2. The number of nitrogens with zero attached hydrogens (tertiary/aromatic N) is 1. The number of carboxylic acid groups (broad SMARTS) is 1. The average Bonchev–Trinajstić information content (AvgIpc) is 2.58. The number of H-pyrrole nitrogens is 1. The quantitative estimate of drug-likeness (QED) is 0.739. The molecule has 0 fully saturated rings. The molecule has 1 heterocycles. The second-order valence-electron chi connectivity index (χ2n) is 3.59. The van der Waals surface area contributed by atoms with E-state index in [2.05, 4.69) is 10.2 Å². The molecule has 0 unspecified atom stereocenters. The van der Waals surface area contributed by atoms with Gasteiger partial charge in [-0.05, 0) is 6.92 Å². The molecule has 7 nitrogen and oxygen atoms in total. The maximum absolute atomic E-state index is 11.9. The summed E-state index contributed by atoms with van der Waals surface area (Å²) in [5.41, 5.74) is -0.839. The van der Waals surface area contributed by atoms with Crippen LogP contribution in [0.1, 0.15) is 22.6 Å². The molecule has 0 spiro atoms. The molecular weight excluding hydrogens is 291 g/mol. The predicted molar refractivity (Wildman–Crippen MR) is 56.1 cm³/mol. The van der Waals surface area contributed by atoms with Crippen molar-refractivity contribution < 1.29 is 31.5 Å². The molecular formula is C8H10F3N3O4S. The molecule has 0 aliphatic heterocycles. The molecule has 0 aliphatic carbocycles. The zero-order chi connectivity index (χ0) is 14.8. The van der Waals surface area contributed by atoms with Crippen molar-refractivity contribution in [3.8, 4) is 0 Å². The lowest BCUT2D eigenvalue weighted by Gasteiger charge is -2.08. The Hall–Kier alpha value is -1.62.